The van der Waals surface area contributed by atoms with E-state index in [9.17, 15) is 17.1 Å². The molecule has 122 valence electrons. The number of nitrogens with zero attached hydrogens (tertiary/aromatic N) is 2. The first-order valence-corrected chi connectivity index (χ1v) is 8.76. The van der Waals surface area contributed by atoms with Gasteiger partial charge in [-0.1, -0.05) is 12.1 Å². The first-order valence-electron chi connectivity index (χ1n) is 7.21. The number of amides is 1. The van der Waals surface area contributed by atoms with Crippen LogP contribution in [0.4, 0.5) is 9.57 Å². The van der Waals surface area contributed by atoms with Crippen LogP contribution >= 0.6 is 0 Å². The van der Waals surface area contributed by atoms with Crippen LogP contribution in [0.3, 0.4) is 0 Å². The second-order valence-corrected chi connectivity index (χ2v) is 7.41. The third-order valence-electron chi connectivity index (χ3n) is 3.74. The van der Waals surface area contributed by atoms with Gasteiger partial charge in [0, 0.05) is 31.1 Å². The molecule has 22 heavy (non-hydrogen) atoms. The molecule has 0 aromatic heterocycles. The normalized spacial score (nSPS) is 19.2. The van der Waals surface area contributed by atoms with Crippen LogP contribution in [0.5, 0.6) is 0 Å². The van der Waals surface area contributed by atoms with E-state index in [0.29, 0.717) is 0 Å². The molecule has 0 spiro atoms. The molecule has 0 N–H and O–H groups in total. The average Bonchev–Trinajstić information content (AvgIpc) is 2.75. The van der Waals surface area contributed by atoms with Crippen LogP contribution in [0.25, 0.3) is 0 Å². The molecule has 0 bridgehead atoms. The summed E-state index contributed by atoms with van der Waals surface area (Å²) in [4.78, 5) is 15.6. The number of anilines is 1. The van der Waals surface area contributed by atoms with Gasteiger partial charge < -0.3 is 9.80 Å². The third kappa shape index (κ3) is 4.78. The van der Waals surface area contributed by atoms with E-state index in [0.717, 1.165) is 18.7 Å². The molecule has 5 nitrogen and oxygen atoms in total. The van der Waals surface area contributed by atoms with Gasteiger partial charge in [-0.2, -0.15) is 8.42 Å². The van der Waals surface area contributed by atoms with Crippen molar-refractivity contribution in [1.82, 2.24) is 4.90 Å². The van der Waals surface area contributed by atoms with E-state index in [1.165, 1.54) is 10.5 Å². The molecule has 1 aliphatic rings. The summed E-state index contributed by atoms with van der Waals surface area (Å²) >= 11 is 0. The molecule has 2 rings (SSSR count). The topological polar surface area (TPSA) is 57.7 Å². The third-order valence-corrected chi connectivity index (χ3v) is 4.61. The van der Waals surface area contributed by atoms with Gasteiger partial charge in [0.05, 0.1) is 5.75 Å². The Balaban J connectivity index is 2.01. The zero-order chi connectivity index (χ0) is 16.3. The van der Waals surface area contributed by atoms with Crippen LogP contribution in [-0.4, -0.2) is 52.2 Å². The molecule has 1 aromatic carbocycles. The van der Waals surface area contributed by atoms with Crippen molar-refractivity contribution < 1.29 is 17.1 Å². The molecule has 1 heterocycles. The zero-order valence-corrected chi connectivity index (χ0v) is 13.6. The summed E-state index contributed by atoms with van der Waals surface area (Å²) < 4.78 is 34.2. The standard InChI is InChI=1S/C15H21FN2O3S/c1-17(2)8-7-12-3-5-14(6-4-12)18-10-13(9-15(18)19)11-22(16,20)21/h3-6,13H,7-11H2,1-2H3. The molecule has 1 aromatic rings. The van der Waals surface area contributed by atoms with Crippen LogP contribution in [0.2, 0.25) is 0 Å². The van der Waals surface area contributed by atoms with Gasteiger partial charge in [0.15, 0.2) is 0 Å². The maximum Gasteiger partial charge on any atom is 0.302 e. The van der Waals surface area contributed by atoms with Crippen molar-refractivity contribution in [3.63, 3.8) is 0 Å². The lowest BCUT2D eigenvalue weighted by Gasteiger charge is -2.17. The molecule has 1 aliphatic heterocycles. The maximum atomic E-state index is 12.7. The Bertz CT molecular complexity index is 629. The van der Waals surface area contributed by atoms with E-state index in [4.69, 9.17) is 0 Å². The molecular formula is C15H21FN2O3S. The van der Waals surface area contributed by atoms with Crippen molar-refractivity contribution in [2.75, 3.05) is 37.8 Å². The molecule has 0 radical (unpaired) electrons. The van der Waals surface area contributed by atoms with E-state index in [-0.39, 0.29) is 18.9 Å². The first-order chi connectivity index (χ1) is 10.2. The minimum absolute atomic E-state index is 0.0749. The van der Waals surface area contributed by atoms with Crippen LogP contribution < -0.4 is 4.90 Å². The van der Waals surface area contributed by atoms with Gasteiger partial charge in [-0.15, -0.1) is 3.89 Å². The fourth-order valence-corrected chi connectivity index (χ4v) is 3.41. The van der Waals surface area contributed by atoms with Crippen LogP contribution in [0, 0.1) is 5.92 Å². The number of halogens is 1. The maximum absolute atomic E-state index is 12.7. The van der Waals surface area contributed by atoms with Crippen molar-refractivity contribution >= 4 is 21.8 Å². The molecule has 1 amide bonds. The summed E-state index contributed by atoms with van der Waals surface area (Å²) in [5, 5.41) is 0. The highest BCUT2D eigenvalue weighted by Crippen LogP contribution is 2.26. The van der Waals surface area contributed by atoms with Crippen molar-refractivity contribution in [3.8, 4) is 0 Å². The quantitative estimate of drug-likeness (QED) is 0.742. The fraction of sp³-hybridized carbons (Fsp3) is 0.533. The van der Waals surface area contributed by atoms with E-state index in [2.05, 4.69) is 4.90 Å². The minimum Gasteiger partial charge on any atom is -0.312 e. The highest BCUT2D eigenvalue weighted by atomic mass is 32.3. The zero-order valence-electron chi connectivity index (χ0n) is 12.8. The minimum atomic E-state index is -4.54. The molecule has 7 heteroatoms. The number of hydrogen-bond donors (Lipinski definition) is 0. The van der Waals surface area contributed by atoms with Gasteiger partial charge in [0.1, 0.15) is 0 Å². The highest BCUT2D eigenvalue weighted by Gasteiger charge is 2.33. The lowest BCUT2D eigenvalue weighted by atomic mass is 10.1. The fourth-order valence-electron chi connectivity index (χ4n) is 2.62. The van der Waals surface area contributed by atoms with E-state index >= 15 is 0 Å². The monoisotopic (exact) mass is 328 g/mol. The molecule has 0 saturated carbocycles. The molecule has 1 unspecified atom stereocenters. The predicted octanol–water partition coefficient (Wildman–Crippen LogP) is 1.44. The summed E-state index contributed by atoms with van der Waals surface area (Å²) in [6.45, 7) is 1.19. The lowest BCUT2D eigenvalue weighted by Crippen LogP contribution is -2.25. The van der Waals surface area contributed by atoms with Gasteiger partial charge in [-0.05, 0) is 38.2 Å². The smallest absolute Gasteiger partial charge is 0.302 e. The highest BCUT2D eigenvalue weighted by molar-refractivity contribution is 7.86. The van der Waals surface area contributed by atoms with Crippen molar-refractivity contribution in [3.05, 3.63) is 29.8 Å². The number of hydrogen-bond acceptors (Lipinski definition) is 4. The molecule has 1 fully saturated rings. The van der Waals surface area contributed by atoms with Gasteiger partial charge in [-0.3, -0.25) is 4.79 Å². The van der Waals surface area contributed by atoms with Gasteiger partial charge in [0.2, 0.25) is 5.91 Å². The largest absolute Gasteiger partial charge is 0.312 e. The summed E-state index contributed by atoms with van der Waals surface area (Å²) in [7, 11) is -0.522. The van der Waals surface area contributed by atoms with Crippen molar-refractivity contribution in [2.24, 2.45) is 5.92 Å². The van der Waals surface area contributed by atoms with Gasteiger partial charge >= 0.3 is 10.2 Å². The first kappa shape index (κ1) is 16.9. The Morgan fingerprint density at radius 3 is 2.45 bits per heavy atom. The lowest BCUT2D eigenvalue weighted by molar-refractivity contribution is -0.117. The molecular weight excluding hydrogens is 307 g/mol. The van der Waals surface area contributed by atoms with Crippen molar-refractivity contribution in [1.29, 1.82) is 0 Å². The summed E-state index contributed by atoms with van der Waals surface area (Å²) in [5.41, 5.74) is 1.91. The number of benzene rings is 1. The van der Waals surface area contributed by atoms with Crippen LogP contribution in [0.15, 0.2) is 24.3 Å². The molecule has 1 saturated heterocycles. The van der Waals surface area contributed by atoms with E-state index < -0.39 is 21.9 Å². The number of likely N-dealkylation sites (N-methyl/N-ethyl adjacent to an activating group) is 1. The Hall–Kier alpha value is -1.47. The SMILES string of the molecule is CN(C)CCc1ccc(N2CC(CS(=O)(=O)F)CC2=O)cc1. The Morgan fingerprint density at radius 1 is 1.27 bits per heavy atom. The number of carbonyl (C=O) groups excluding carboxylic acids is 1. The Morgan fingerprint density at radius 2 is 1.91 bits per heavy atom. The Labute approximate surface area is 130 Å². The summed E-state index contributed by atoms with van der Waals surface area (Å²) in [6.07, 6.45) is 0.996. The second-order valence-electron chi connectivity index (χ2n) is 6.00. The molecule has 1 atom stereocenters. The second kappa shape index (κ2) is 6.75. The predicted molar refractivity (Wildman–Crippen MR) is 84.1 cm³/mol. The number of rotatable bonds is 6. The van der Waals surface area contributed by atoms with Gasteiger partial charge in [-0.25, -0.2) is 0 Å². The average molecular weight is 328 g/mol. The van der Waals surface area contributed by atoms with Crippen LogP contribution in [0.1, 0.15) is 12.0 Å². The van der Waals surface area contributed by atoms with Crippen molar-refractivity contribution in [2.45, 2.75) is 12.8 Å². The summed E-state index contributed by atoms with van der Waals surface area (Å²) in [6, 6.07) is 7.64. The molecule has 0 aliphatic carbocycles. The van der Waals surface area contributed by atoms with Gasteiger partial charge in [0.25, 0.3) is 0 Å². The van der Waals surface area contributed by atoms with E-state index in [1.807, 2.05) is 38.4 Å². The number of carbonyl (C=O) groups is 1. The summed E-state index contributed by atoms with van der Waals surface area (Å²) in [5.74, 6) is -1.22. The van der Waals surface area contributed by atoms with E-state index in [1.54, 1.807) is 0 Å². The van der Waals surface area contributed by atoms with Crippen LogP contribution in [-0.2, 0) is 21.4 Å². The Kier molecular flexibility index (Phi) is 5.18.